The highest BCUT2D eigenvalue weighted by Gasteiger charge is 2.75. The van der Waals surface area contributed by atoms with Gasteiger partial charge in [0, 0.05) is 28.7 Å². The van der Waals surface area contributed by atoms with Gasteiger partial charge in [-0.25, -0.2) is 4.79 Å². The molecule has 0 aromatic rings. The molecule has 0 aromatic carbocycles. The lowest BCUT2D eigenvalue weighted by atomic mass is 9.33. The second kappa shape index (κ2) is 8.06. The summed E-state index contributed by atoms with van der Waals surface area (Å²) in [6.45, 7) is 14.8. The monoisotopic (exact) mass is 536 g/mol. The van der Waals surface area contributed by atoms with E-state index in [2.05, 4.69) is 46.0 Å². The number of allylic oxidation sites excluding steroid dienone is 3. The largest absolute Gasteiger partial charge is 0.465 e. The molecular weight excluding hydrogens is 492 g/mol. The number of nitrogens with one attached hydrogen (secondary N) is 1. The second-order valence-corrected chi connectivity index (χ2v) is 15.3. The Labute approximate surface area is 232 Å². The lowest BCUT2D eigenvalue weighted by Gasteiger charge is -2.71. The summed E-state index contributed by atoms with van der Waals surface area (Å²) in [5.74, 6) is -0.760. The van der Waals surface area contributed by atoms with Crippen molar-refractivity contribution in [1.82, 2.24) is 5.32 Å². The third kappa shape index (κ3) is 3.33. The van der Waals surface area contributed by atoms with E-state index < -0.39 is 33.4 Å². The van der Waals surface area contributed by atoms with Gasteiger partial charge in [0.1, 0.15) is 11.7 Å². The topological polar surface area (TPSA) is 127 Å². The predicted octanol–water partition coefficient (Wildman–Crippen LogP) is 5.59. The number of hydrogen-bond donors (Lipinski definition) is 3. The number of rotatable bonds is 2. The number of Topliss-reactive ketones (excluding diaryl/α,β-unsaturated/α-hetero) is 1. The van der Waals surface area contributed by atoms with Gasteiger partial charge in [0.15, 0.2) is 11.6 Å². The van der Waals surface area contributed by atoms with Crippen LogP contribution < -0.4 is 5.32 Å². The minimum atomic E-state index is -1.59. The van der Waals surface area contributed by atoms with Gasteiger partial charge in [-0.1, -0.05) is 54.5 Å². The zero-order valence-electron chi connectivity index (χ0n) is 24.5. The van der Waals surface area contributed by atoms with Crippen molar-refractivity contribution < 1.29 is 24.6 Å². The molecule has 212 valence electrons. The number of carbonyl (C=O) groups is 3. The molecule has 0 unspecified atom stereocenters. The summed E-state index contributed by atoms with van der Waals surface area (Å²) in [6, 6.07) is 2.13. The van der Waals surface area contributed by atoms with Gasteiger partial charge in [0.05, 0.1) is 5.57 Å². The first-order valence-corrected chi connectivity index (χ1v) is 14.5. The Hall–Kier alpha value is -2.46. The van der Waals surface area contributed by atoms with E-state index in [0.717, 1.165) is 37.7 Å². The van der Waals surface area contributed by atoms with Gasteiger partial charge >= 0.3 is 6.09 Å². The molecule has 1 amide bonds. The van der Waals surface area contributed by atoms with E-state index in [0.29, 0.717) is 19.4 Å². The van der Waals surface area contributed by atoms with Gasteiger partial charge in [-0.05, 0) is 78.8 Å². The first-order valence-electron chi connectivity index (χ1n) is 14.5. The standard InChI is InChI=1S/C32H44N2O5/c1-26(2)20-8-9-30(6)21(29(20,5)15-19(17-33)24(26)36)14-23(35)32(39)22-16-27(3,18-34-25(37)38)10-11-28(22,4)12-13-31(30,32)7/h14-15,20,22,34,39H,8-13,16,18H2,1-7H3,(H,37,38)/t20-,22+,27-,28+,29-,30+,31-,32+/m0/s1. The van der Waals surface area contributed by atoms with Gasteiger partial charge in [-0.3, -0.25) is 9.59 Å². The Kier molecular flexibility index (Phi) is 5.80. The zero-order chi connectivity index (χ0) is 29.0. The summed E-state index contributed by atoms with van der Waals surface area (Å²) in [4.78, 5) is 39.0. The SMILES string of the molecule is CC1(C)C(=O)C(C#N)=C[C@]2(C)C3=CC(=O)[C@]4(O)[C@@H]5C[C@@](C)(CNC(=O)O)CC[C@]5(C)CC[C@@]4(C)[C@]3(C)CC[C@@H]12. The molecule has 0 aromatic heterocycles. The summed E-state index contributed by atoms with van der Waals surface area (Å²) in [6.07, 6.45) is 7.80. The molecule has 39 heavy (non-hydrogen) atoms. The summed E-state index contributed by atoms with van der Waals surface area (Å²) in [5, 5.41) is 34.6. The molecule has 3 fully saturated rings. The van der Waals surface area contributed by atoms with Crippen LogP contribution in [0.5, 0.6) is 0 Å². The average molecular weight is 537 g/mol. The van der Waals surface area contributed by atoms with Crippen molar-refractivity contribution in [2.24, 2.45) is 44.3 Å². The summed E-state index contributed by atoms with van der Waals surface area (Å²) in [5.41, 5.74) is -3.70. The summed E-state index contributed by atoms with van der Waals surface area (Å²) in [7, 11) is 0. The highest BCUT2D eigenvalue weighted by atomic mass is 16.4. The first kappa shape index (κ1) is 28.1. The van der Waals surface area contributed by atoms with Crippen LogP contribution in [-0.4, -0.2) is 40.0 Å². The van der Waals surface area contributed by atoms with Crippen molar-refractivity contribution in [1.29, 1.82) is 5.26 Å². The molecule has 0 radical (unpaired) electrons. The van der Waals surface area contributed by atoms with Crippen molar-refractivity contribution in [3.05, 3.63) is 23.3 Å². The molecule has 0 saturated heterocycles. The van der Waals surface area contributed by atoms with Crippen LogP contribution in [0.15, 0.2) is 23.3 Å². The van der Waals surface area contributed by atoms with E-state index in [4.69, 9.17) is 0 Å². The molecule has 5 aliphatic carbocycles. The number of fused-ring (bicyclic) bond motifs is 7. The van der Waals surface area contributed by atoms with E-state index in [1.807, 2.05) is 19.9 Å². The molecule has 7 heteroatoms. The zero-order valence-corrected chi connectivity index (χ0v) is 24.5. The van der Waals surface area contributed by atoms with Gasteiger partial charge < -0.3 is 15.5 Å². The molecule has 0 spiro atoms. The van der Waals surface area contributed by atoms with Crippen LogP contribution in [-0.2, 0) is 9.59 Å². The molecule has 0 heterocycles. The van der Waals surface area contributed by atoms with Crippen LogP contribution in [0, 0.1) is 55.7 Å². The quantitative estimate of drug-likeness (QED) is 0.422. The number of nitriles is 1. The molecule has 5 aliphatic rings. The van der Waals surface area contributed by atoms with E-state index in [1.165, 1.54) is 0 Å². The number of nitrogens with zero attached hydrogens (tertiary/aromatic N) is 1. The van der Waals surface area contributed by atoms with Crippen LogP contribution >= 0.6 is 0 Å². The number of ketones is 2. The number of carbonyl (C=O) groups excluding carboxylic acids is 2. The number of aliphatic hydroxyl groups is 1. The van der Waals surface area contributed by atoms with Crippen molar-refractivity contribution in [3.63, 3.8) is 0 Å². The third-order valence-electron chi connectivity index (χ3n) is 13.0. The van der Waals surface area contributed by atoms with Crippen LogP contribution in [0.4, 0.5) is 4.79 Å². The van der Waals surface area contributed by atoms with Crippen LogP contribution in [0.1, 0.15) is 93.4 Å². The molecule has 3 saturated carbocycles. The van der Waals surface area contributed by atoms with Crippen molar-refractivity contribution in [2.75, 3.05) is 6.54 Å². The van der Waals surface area contributed by atoms with Crippen molar-refractivity contribution >= 4 is 17.7 Å². The van der Waals surface area contributed by atoms with E-state index >= 15 is 0 Å². The number of hydrogen-bond acceptors (Lipinski definition) is 5. The summed E-state index contributed by atoms with van der Waals surface area (Å²) >= 11 is 0. The smallest absolute Gasteiger partial charge is 0.404 e. The predicted molar refractivity (Wildman–Crippen MR) is 146 cm³/mol. The van der Waals surface area contributed by atoms with E-state index in [-0.39, 0.29) is 39.8 Å². The number of amides is 1. The van der Waals surface area contributed by atoms with Gasteiger partial charge in [-0.15, -0.1) is 0 Å². The number of carboxylic acid groups (broad SMARTS) is 1. The van der Waals surface area contributed by atoms with E-state index in [9.17, 15) is 29.9 Å². The molecule has 8 atom stereocenters. The van der Waals surface area contributed by atoms with Crippen LogP contribution in [0.3, 0.4) is 0 Å². The fourth-order valence-corrected chi connectivity index (χ4v) is 10.3. The highest BCUT2D eigenvalue weighted by Crippen LogP contribution is 2.75. The molecule has 3 N–H and O–H groups in total. The minimum Gasteiger partial charge on any atom is -0.465 e. The minimum absolute atomic E-state index is 0.0505. The molecule has 7 nitrogen and oxygen atoms in total. The lowest BCUT2D eigenvalue weighted by Crippen LogP contribution is -2.74. The lowest BCUT2D eigenvalue weighted by molar-refractivity contribution is -0.243. The fraction of sp³-hybridized carbons (Fsp3) is 0.750. The molecular formula is C32H44N2O5. The maximum atomic E-state index is 14.4. The van der Waals surface area contributed by atoms with Gasteiger partial charge in [-0.2, -0.15) is 5.26 Å². The Morgan fingerprint density at radius 1 is 1.03 bits per heavy atom. The Bertz CT molecular complexity index is 1280. The Balaban J connectivity index is 1.67. The highest BCUT2D eigenvalue weighted by molar-refractivity contribution is 6.05. The van der Waals surface area contributed by atoms with E-state index in [1.54, 1.807) is 6.08 Å². The average Bonchev–Trinajstić information content (AvgIpc) is 2.85. The molecule has 5 rings (SSSR count). The van der Waals surface area contributed by atoms with Gasteiger partial charge in [0.2, 0.25) is 0 Å². The Morgan fingerprint density at radius 2 is 1.67 bits per heavy atom. The Morgan fingerprint density at radius 3 is 2.28 bits per heavy atom. The molecule has 0 aliphatic heterocycles. The normalized spacial score (nSPS) is 48.3. The van der Waals surface area contributed by atoms with Crippen molar-refractivity contribution in [2.45, 2.75) is 99.0 Å². The third-order valence-corrected chi connectivity index (χ3v) is 13.0. The fourth-order valence-electron chi connectivity index (χ4n) is 10.3. The van der Waals surface area contributed by atoms with Crippen LogP contribution in [0.2, 0.25) is 0 Å². The summed E-state index contributed by atoms with van der Waals surface area (Å²) < 4.78 is 0. The second-order valence-electron chi connectivity index (χ2n) is 15.3. The van der Waals surface area contributed by atoms with Crippen molar-refractivity contribution in [3.8, 4) is 6.07 Å². The van der Waals surface area contributed by atoms with Crippen LogP contribution in [0.25, 0.3) is 0 Å². The van der Waals surface area contributed by atoms with Gasteiger partial charge in [0.25, 0.3) is 0 Å². The maximum Gasteiger partial charge on any atom is 0.404 e. The molecule has 0 bridgehead atoms. The maximum absolute atomic E-state index is 14.4. The first-order chi connectivity index (χ1) is 17.8.